The van der Waals surface area contributed by atoms with Crippen molar-refractivity contribution in [1.82, 2.24) is 16.2 Å². The van der Waals surface area contributed by atoms with E-state index in [0.29, 0.717) is 23.9 Å². The average Bonchev–Trinajstić information content (AvgIpc) is 2.81. The molecule has 1 heterocycles. The van der Waals surface area contributed by atoms with E-state index in [0.717, 1.165) is 25.3 Å². The van der Waals surface area contributed by atoms with Gasteiger partial charge in [-0.05, 0) is 44.0 Å². The second kappa shape index (κ2) is 7.78. The Morgan fingerprint density at radius 2 is 1.90 bits per heavy atom. The zero-order chi connectivity index (χ0) is 15.2. The van der Waals surface area contributed by atoms with Crippen molar-refractivity contribution in [3.63, 3.8) is 0 Å². The molecule has 3 N–H and O–H groups in total. The minimum Gasteiger partial charge on any atom is -0.494 e. The van der Waals surface area contributed by atoms with Crippen LogP contribution in [0.3, 0.4) is 0 Å². The second-order valence-electron chi connectivity index (χ2n) is 6.38. The summed E-state index contributed by atoms with van der Waals surface area (Å²) in [6.45, 7) is 8.44. The van der Waals surface area contributed by atoms with Crippen molar-refractivity contribution in [2.45, 2.75) is 39.3 Å². The Labute approximate surface area is 128 Å². The van der Waals surface area contributed by atoms with Gasteiger partial charge in [0.2, 0.25) is 0 Å². The maximum Gasteiger partial charge on any atom is 0.119 e. The molecule has 21 heavy (non-hydrogen) atoms. The lowest BCUT2D eigenvalue weighted by atomic mass is 9.90. The maximum absolute atomic E-state index is 5.78. The van der Waals surface area contributed by atoms with Crippen molar-refractivity contribution in [3.05, 3.63) is 29.8 Å². The number of hydrogen-bond donors (Lipinski definition) is 3. The third-order valence-electron chi connectivity index (χ3n) is 4.18. The van der Waals surface area contributed by atoms with E-state index >= 15 is 0 Å². The molecule has 1 aliphatic rings. The maximum atomic E-state index is 5.78. The Balaban J connectivity index is 1.95. The summed E-state index contributed by atoms with van der Waals surface area (Å²) in [4.78, 5) is 0. The number of hydrogen-bond acceptors (Lipinski definition) is 4. The van der Waals surface area contributed by atoms with Crippen molar-refractivity contribution in [2.24, 2.45) is 11.8 Å². The van der Waals surface area contributed by atoms with Crippen LogP contribution in [0, 0.1) is 11.8 Å². The molecule has 1 fully saturated rings. The predicted octanol–water partition coefficient (Wildman–Crippen LogP) is 2.48. The van der Waals surface area contributed by atoms with Crippen LogP contribution in [0.4, 0.5) is 0 Å². The van der Waals surface area contributed by atoms with Crippen LogP contribution in [0.25, 0.3) is 0 Å². The van der Waals surface area contributed by atoms with E-state index in [1.54, 1.807) is 0 Å². The predicted molar refractivity (Wildman–Crippen MR) is 87.3 cm³/mol. The number of hydrazine groups is 1. The normalized spacial score (nSPS) is 25.5. The molecule has 3 atom stereocenters. The highest BCUT2D eigenvalue weighted by Gasteiger charge is 2.33. The summed E-state index contributed by atoms with van der Waals surface area (Å²) in [6, 6.07) is 9.31. The number of ether oxygens (including phenoxy) is 1. The van der Waals surface area contributed by atoms with Gasteiger partial charge in [0.15, 0.2) is 0 Å². The van der Waals surface area contributed by atoms with Gasteiger partial charge in [0.25, 0.3) is 0 Å². The molecule has 0 radical (unpaired) electrons. The van der Waals surface area contributed by atoms with Gasteiger partial charge in [-0.1, -0.05) is 26.0 Å². The summed E-state index contributed by atoms with van der Waals surface area (Å²) in [5.41, 5.74) is 8.06. The summed E-state index contributed by atoms with van der Waals surface area (Å²) < 4.78 is 5.78. The van der Waals surface area contributed by atoms with Gasteiger partial charge in [-0.2, -0.15) is 0 Å². The molecule has 3 unspecified atom stereocenters. The first-order valence-corrected chi connectivity index (χ1v) is 8.00. The van der Waals surface area contributed by atoms with Gasteiger partial charge in [0.1, 0.15) is 5.75 Å². The molecule has 4 heteroatoms. The summed E-state index contributed by atoms with van der Waals surface area (Å²) in [5, 5.41) is 3.28. The van der Waals surface area contributed by atoms with E-state index in [1.165, 1.54) is 5.56 Å². The summed E-state index contributed by atoms with van der Waals surface area (Å²) >= 11 is 0. The molecule has 0 amide bonds. The van der Waals surface area contributed by atoms with Gasteiger partial charge in [-0.25, -0.2) is 5.43 Å². The summed E-state index contributed by atoms with van der Waals surface area (Å²) in [7, 11) is 2.01. The van der Waals surface area contributed by atoms with Crippen LogP contribution in [0.15, 0.2) is 24.3 Å². The Morgan fingerprint density at radius 3 is 2.52 bits per heavy atom. The van der Waals surface area contributed by atoms with Gasteiger partial charge >= 0.3 is 0 Å². The molecule has 1 aromatic rings. The quantitative estimate of drug-likeness (QED) is 0.722. The van der Waals surface area contributed by atoms with Crippen LogP contribution in [0.2, 0.25) is 0 Å². The van der Waals surface area contributed by atoms with Gasteiger partial charge in [0.05, 0.1) is 12.6 Å². The van der Waals surface area contributed by atoms with Gasteiger partial charge in [0, 0.05) is 18.5 Å². The van der Waals surface area contributed by atoms with Crippen LogP contribution in [-0.2, 0) is 0 Å². The third kappa shape index (κ3) is 4.43. The van der Waals surface area contributed by atoms with Crippen LogP contribution in [-0.4, -0.2) is 26.2 Å². The van der Waals surface area contributed by atoms with Crippen molar-refractivity contribution in [3.8, 4) is 5.75 Å². The van der Waals surface area contributed by atoms with Crippen molar-refractivity contribution in [1.29, 1.82) is 0 Å². The lowest BCUT2D eigenvalue weighted by Gasteiger charge is -2.21. The lowest BCUT2D eigenvalue weighted by molar-refractivity contribution is 0.289. The smallest absolute Gasteiger partial charge is 0.119 e. The minimum absolute atomic E-state index is 0.345. The second-order valence-corrected chi connectivity index (χ2v) is 6.38. The fourth-order valence-electron chi connectivity index (χ4n) is 2.77. The van der Waals surface area contributed by atoms with Crippen LogP contribution in [0.1, 0.15) is 38.8 Å². The largest absolute Gasteiger partial charge is 0.494 e. The highest BCUT2D eigenvalue weighted by molar-refractivity contribution is 5.30. The van der Waals surface area contributed by atoms with E-state index in [4.69, 9.17) is 4.74 Å². The third-order valence-corrected chi connectivity index (χ3v) is 4.18. The zero-order valence-corrected chi connectivity index (χ0v) is 13.6. The number of nitrogens with one attached hydrogen (secondary N) is 3. The standard InChI is InChI=1S/C17H29N3O/c1-12(2)9-10-21-15-7-5-14(6-8-15)17-16(11-18-4)13(3)19-20-17/h5-8,12-13,16-20H,9-11H2,1-4H3. The minimum atomic E-state index is 0.345. The molecular formula is C17H29N3O. The molecule has 0 aliphatic carbocycles. The van der Waals surface area contributed by atoms with Crippen molar-refractivity contribution >= 4 is 0 Å². The Bertz CT molecular complexity index is 419. The van der Waals surface area contributed by atoms with E-state index in [-0.39, 0.29) is 0 Å². The zero-order valence-electron chi connectivity index (χ0n) is 13.6. The fourth-order valence-corrected chi connectivity index (χ4v) is 2.77. The highest BCUT2D eigenvalue weighted by Crippen LogP contribution is 2.29. The molecule has 118 valence electrons. The monoisotopic (exact) mass is 291 g/mol. The lowest BCUT2D eigenvalue weighted by Crippen LogP contribution is -2.31. The van der Waals surface area contributed by atoms with E-state index in [1.807, 2.05) is 7.05 Å². The molecule has 1 aromatic carbocycles. The molecule has 0 aromatic heterocycles. The van der Waals surface area contributed by atoms with E-state index < -0.39 is 0 Å². The molecular weight excluding hydrogens is 262 g/mol. The molecule has 0 bridgehead atoms. The van der Waals surface area contributed by atoms with Crippen LogP contribution in [0.5, 0.6) is 5.75 Å². The summed E-state index contributed by atoms with van der Waals surface area (Å²) in [6.07, 6.45) is 1.09. The molecule has 0 spiro atoms. The van der Waals surface area contributed by atoms with Crippen LogP contribution < -0.4 is 20.9 Å². The first-order valence-electron chi connectivity index (χ1n) is 8.00. The Hall–Kier alpha value is -1.10. The van der Waals surface area contributed by atoms with Gasteiger partial charge in [-0.3, -0.25) is 5.43 Å². The Kier molecular flexibility index (Phi) is 6.03. The van der Waals surface area contributed by atoms with E-state index in [9.17, 15) is 0 Å². The first kappa shape index (κ1) is 16.3. The molecule has 1 saturated heterocycles. The molecule has 4 nitrogen and oxygen atoms in total. The molecule has 0 saturated carbocycles. The van der Waals surface area contributed by atoms with Gasteiger partial charge < -0.3 is 10.1 Å². The molecule has 2 rings (SSSR count). The topological polar surface area (TPSA) is 45.3 Å². The van der Waals surface area contributed by atoms with Crippen LogP contribution >= 0.6 is 0 Å². The first-order chi connectivity index (χ1) is 10.1. The van der Waals surface area contributed by atoms with Crippen molar-refractivity contribution in [2.75, 3.05) is 20.2 Å². The highest BCUT2D eigenvalue weighted by atomic mass is 16.5. The Morgan fingerprint density at radius 1 is 1.19 bits per heavy atom. The van der Waals surface area contributed by atoms with Crippen molar-refractivity contribution < 1.29 is 4.74 Å². The number of rotatable bonds is 7. The average molecular weight is 291 g/mol. The van der Waals surface area contributed by atoms with E-state index in [2.05, 4.69) is 61.2 Å². The SMILES string of the molecule is CNCC1C(C)NNC1c1ccc(OCCC(C)C)cc1. The molecule has 1 aliphatic heterocycles. The number of benzene rings is 1. The van der Waals surface area contributed by atoms with Gasteiger partial charge in [-0.15, -0.1) is 0 Å². The summed E-state index contributed by atoms with van der Waals surface area (Å²) in [5.74, 6) is 2.19. The fraction of sp³-hybridized carbons (Fsp3) is 0.647.